The fraction of sp³-hybridized carbons (Fsp3) is 0.538. The van der Waals surface area contributed by atoms with Crippen LogP contribution in [0.1, 0.15) is 26.3 Å². The van der Waals surface area contributed by atoms with Crippen LogP contribution in [-0.4, -0.2) is 19.6 Å². The van der Waals surface area contributed by atoms with Crippen LogP contribution in [0.3, 0.4) is 0 Å². The first-order valence-corrected chi connectivity index (χ1v) is 6.25. The quantitative estimate of drug-likeness (QED) is 0.755. The molecule has 0 aliphatic heterocycles. The third-order valence-electron chi connectivity index (χ3n) is 2.50. The van der Waals surface area contributed by atoms with E-state index in [1.807, 2.05) is 30.3 Å². The molecule has 1 N–H and O–H groups in total. The Morgan fingerprint density at radius 3 is 1.60 bits per heavy atom. The van der Waals surface area contributed by atoms with Crippen LogP contribution >= 0.6 is 11.6 Å². The van der Waals surface area contributed by atoms with Gasteiger partial charge in [0.25, 0.3) is 0 Å². The highest BCUT2D eigenvalue weighted by Gasteiger charge is 1.92. The molecule has 15 heavy (non-hydrogen) atoms. The van der Waals surface area contributed by atoms with E-state index in [4.69, 9.17) is 11.6 Å². The van der Waals surface area contributed by atoms with Gasteiger partial charge in [-0.15, -0.1) is 11.6 Å². The van der Waals surface area contributed by atoms with Crippen LogP contribution in [0.25, 0.3) is 0 Å². The van der Waals surface area contributed by atoms with Gasteiger partial charge in [-0.2, -0.15) is 0 Å². The van der Waals surface area contributed by atoms with Gasteiger partial charge >= 0.3 is 0 Å². The Bertz CT molecular complexity index is 214. The Morgan fingerprint density at radius 1 is 0.933 bits per heavy atom. The molecule has 0 heterocycles. The number of quaternary nitrogens is 1. The van der Waals surface area contributed by atoms with Crippen LogP contribution in [0.4, 0.5) is 0 Å². The molecule has 0 saturated carbocycles. The lowest BCUT2D eigenvalue weighted by Crippen LogP contribution is -3.11. The summed E-state index contributed by atoms with van der Waals surface area (Å²) in [5, 5.41) is 0. The molecule has 0 atom stereocenters. The standard InChI is InChI=1S/C7H7Cl.C6H15N/c8-6-7-4-2-1-3-5-7;1-4-7(5-2)6-3/h1-5H,6H2;4-6H2,1-3H3/p+1. The molecule has 0 saturated heterocycles. The van der Waals surface area contributed by atoms with Crippen molar-refractivity contribution in [3.05, 3.63) is 35.9 Å². The van der Waals surface area contributed by atoms with Crippen LogP contribution in [0, 0.1) is 0 Å². The molecule has 0 amide bonds. The summed E-state index contributed by atoms with van der Waals surface area (Å²) in [5.41, 5.74) is 1.18. The Kier molecular flexibility index (Phi) is 9.65. The first-order valence-electron chi connectivity index (χ1n) is 5.71. The van der Waals surface area contributed by atoms with E-state index >= 15 is 0 Å². The lowest BCUT2D eigenvalue weighted by atomic mass is 10.2. The molecule has 2 heteroatoms. The van der Waals surface area contributed by atoms with Gasteiger partial charge in [-0.1, -0.05) is 30.3 Å². The van der Waals surface area contributed by atoms with Crippen LogP contribution in [0.5, 0.6) is 0 Å². The summed E-state index contributed by atoms with van der Waals surface area (Å²) in [6.45, 7) is 10.5. The first kappa shape index (κ1) is 14.5. The van der Waals surface area contributed by atoms with Crippen molar-refractivity contribution < 1.29 is 4.90 Å². The molecule has 1 aromatic rings. The first-order chi connectivity index (χ1) is 7.28. The molecule has 1 rings (SSSR count). The van der Waals surface area contributed by atoms with E-state index in [-0.39, 0.29) is 0 Å². The van der Waals surface area contributed by atoms with Gasteiger partial charge in [0.05, 0.1) is 19.6 Å². The highest BCUT2D eigenvalue weighted by molar-refractivity contribution is 6.17. The fourth-order valence-corrected chi connectivity index (χ4v) is 1.50. The zero-order valence-corrected chi connectivity index (χ0v) is 10.8. The van der Waals surface area contributed by atoms with Crippen LogP contribution in [0.15, 0.2) is 30.3 Å². The summed E-state index contributed by atoms with van der Waals surface area (Å²) in [6, 6.07) is 9.96. The van der Waals surface area contributed by atoms with E-state index in [0.29, 0.717) is 5.88 Å². The normalized spacial score (nSPS) is 9.67. The second-order valence-corrected chi connectivity index (χ2v) is 3.70. The monoisotopic (exact) mass is 228 g/mol. The zero-order valence-electron chi connectivity index (χ0n) is 10.1. The minimum atomic E-state index is 0.612. The van der Waals surface area contributed by atoms with E-state index in [0.717, 1.165) is 0 Å². The number of rotatable bonds is 4. The molecule has 0 aromatic heterocycles. The molecule has 1 aromatic carbocycles. The van der Waals surface area contributed by atoms with Gasteiger partial charge in [0.1, 0.15) is 0 Å². The van der Waals surface area contributed by atoms with Crippen LogP contribution in [-0.2, 0) is 5.88 Å². The zero-order chi connectivity index (χ0) is 11.5. The topological polar surface area (TPSA) is 4.44 Å². The maximum absolute atomic E-state index is 5.53. The van der Waals surface area contributed by atoms with Crippen LogP contribution in [0.2, 0.25) is 0 Å². The summed E-state index contributed by atoms with van der Waals surface area (Å²) in [5.74, 6) is 0.612. The molecule has 0 aliphatic carbocycles. The van der Waals surface area contributed by atoms with E-state index in [1.54, 1.807) is 4.90 Å². The maximum Gasteiger partial charge on any atom is 0.0742 e. The van der Waals surface area contributed by atoms with Crippen molar-refractivity contribution in [1.29, 1.82) is 0 Å². The second-order valence-electron chi connectivity index (χ2n) is 3.43. The van der Waals surface area contributed by atoms with Crippen molar-refractivity contribution in [3.8, 4) is 0 Å². The van der Waals surface area contributed by atoms with Crippen molar-refractivity contribution in [2.75, 3.05) is 19.6 Å². The van der Waals surface area contributed by atoms with E-state index in [9.17, 15) is 0 Å². The highest BCUT2D eigenvalue weighted by Crippen LogP contribution is 2.00. The number of hydrogen-bond acceptors (Lipinski definition) is 0. The second kappa shape index (κ2) is 10.0. The average molecular weight is 229 g/mol. The molecule has 0 aliphatic rings. The van der Waals surface area contributed by atoms with Gasteiger partial charge in [-0.25, -0.2) is 0 Å². The number of halogens is 1. The molecule has 0 radical (unpaired) electrons. The average Bonchev–Trinajstić information content (AvgIpc) is 2.33. The van der Waals surface area contributed by atoms with Gasteiger partial charge in [-0.05, 0) is 26.3 Å². The summed E-state index contributed by atoms with van der Waals surface area (Å²) >= 11 is 5.53. The van der Waals surface area contributed by atoms with Crippen molar-refractivity contribution in [2.24, 2.45) is 0 Å². The third-order valence-corrected chi connectivity index (χ3v) is 2.81. The summed E-state index contributed by atoms with van der Waals surface area (Å²) < 4.78 is 0. The molecule has 1 nitrogen and oxygen atoms in total. The van der Waals surface area contributed by atoms with Gasteiger partial charge in [0.15, 0.2) is 0 Å². The van der Waals surface area contributed by atoms with Crippen molar-refractivity contribution in [1.82, 2.24) is 0 Å². The molecule has 0 spiro atoms. The minimum absolute atomic E-state index is 0.612. The van der Waals surface area contributed by atoms with Crippen molar-refractivity contribution in [2.45, 2.75) is 26.7 Å². The Balaban J connectivity index is 0.000000265. The van der Waals surface area contributed by atoms with Crippen LogP contribution < -0.4 is 4.90 Å². The molecule has 0 fully saturated rings. The Morgan fingerprint density at radius 2 is 1.40 bits per heavy atom. The maximum atomic E-state index is 5.53. The smallest absolute Gasteiger partial charge is 0.0742 e. The summed E-state index contributed by atoms with van der Waals surface area (Å²) in [7, 11) is 0. The highest BCUT2D eigenvalue weighted by atomic mass is 35.5. The third kappa shape index (κ3) is 7.40. The summed E-state index contributed by atoms with van der Waals surface area (Å²) in [4.78, 5) is 1.68. The predicted octanol–water partition coefficient (Wildman–Crippen LogP) is 2.36. The summed E-state index contributed by atoms with van der Waals surface area (Å²) in [6.07, 6.45) is 0. The van der Waals surface area contributed by atoms with Gasteiger partial charge in [0, 0.05) is 5.88 Å². The number of hydrogen-bond donors (Lipinski definition) is 1. The van der Waals surface area contributed by atoms with E-state index in [1.165, 1.54) is 25.2 Å². The Labute approximate surface area is 99.1 Å². The lowest BCUT2D eigenvalue weighted by molar-refractivity contribution is -0.894. The van der Waals surface area contributed by atoms with Gasteiger partial charge in [-0.3, -0.25) is 0 Å². The lowest BCUT2D eigenvalue weighted by Gasteiger charge is -2.10. The largest absolute Gasteiger partial charge is 0.336 e. The molecule has 86 valence electrons. The fourth-order valence-electron chi connectivity index (χ4n) is 1.32. The number of alkyl halides is 1. The molecule has 0 bridgehead atoms. The van der Waals surface area contributed by atoms with Crippen molar-refractivity contribution in [3.63, 3.8) is 0 Å². The molecular formula is C13H23ClN+. The number of nitrogens with one attached hydrogen (secondary N) is 1. The van der Waals surface area contributed by atoms with E-state index in [2.05, 4.69) is 20.8 Å². The van der Waals surface area contributed by atoms with Gasteiger partial charge < -0.3 is 4.90 Å². The number of benzene rings is 1. The van der Waals surface area contributed by atoms with Gasteiger partial charge in [0.2, 0.25) is 0 Å². The van der Waals surface area contributed by atoms with E-state index < -0.39 is 0 Å². The van der Waals surface area contributed by atoms with Crippen molar-refractivity contribution >= 4 is 11.6 Å². The Hall–Kier alpha value is -0.530. The SMILES string of the molecule is CC[NH+](CC)CC.ClCc1ccccc1. The predicted molar refractivity (Wildman–Crippen MR) is 68.6 cm³/mol. The molecular weight excluding hydrogens is 206 g/mol. The molecule has 0 unspecified atom stereocenters. The minimum Gasteiger partial charge on any atom is -0.336 e.